The molecule has 0 saturated carbocycles. The largest absolute Gasteiger partial charge is 0.488 e. The standard InChI is InChI=1S/C16H9F3O2/c17-12-6-9(7-13(18)15(12)19)5-10-8-21-14-4-2-1-3-11(14)16(10)20/h1-7H,8H2/b10-5-. The molecule has 21 heavy (non-hydrogen) atoms. The van der Waals surface area contributed by atoms with E-state index in [1.165, 1.54) is 6.08 Å². The molecule has 0 fully saturated rings. The quantitative estimate of drug-likeness (QED) is 0.590. The molecule has 2 nitrogen and oxygen atoms in total. The van der Waals surface area contributed by atoms with Gasteiger partial charge in [0.1, 0.15) is 12.4 Å². The topological polar surface area (TPSA) is 26.3 Å². The Bertz CT molecular complexity index is 743. The van der Waals surface area contributed by atoms with Crippen LogP contribution in [0.2, 0.25) is 0 Å². The van der Waals surface area contributed by atoms with Crippen molar-refractivity contribution in [2.24, 2.45) is 0 Å². The van der Waals surface area contributed by atoms with E-state index in [1.54, 1.807) is 24.3 Å². The summed E-state index contributed by atoms with van der Waals surface area (Å²) in [6.07, 6.45) is 1.30. The Kier molecular flexibility index (Phi) is 3.25. The van der Waals surface area contributed by atoms with Gasteiger partial charge in [-0.05, 0) is 35.9 Å². The van der Waals surface area contributed by atoms with Gasteiger partial charge in [-0.1, -0.05) is 12.1 Å². The molecule has 0 aromatic heterocycles. The van der Waals surface area contributed by atoms with Crippen molar-refractivity contribution in [2.45, 2.75) is 0 Å². The fourth-order valence-corrected chi connectivity index (χ4v) is 2.14. The first-order chi connectivity index (χ1) is 10.1. The Morgan fingerprint density at radius 3 is 2.43 bits per heavy atom. The second kappa shape index (κ2) is 5.09. The molecule has 0 atom stereocenters. The van der Waals surface area contributed by atoms with Gasteiger partial charge in [0.15, 0.2) is 23.2 Å². The predicted molar refractivity (Wildman–Crippen MR) is 70.6 cm³/mol. The van der Waals surface area contributed by atoms with Crippen LogP contribution in [0.1, 0.15) is 15.9 Å². The van der Waals surface area contributed by atoms with Crippen LogP contribution < -0.4 is 4.74 Å². The fraction of sp³-hybridized carbons (Fsp3) is 0.0625. The Labute approximate surface area is 118 Å². The molecule has 0 saturated heterocycles. The van der Waals surface area contributed by atoms with E-state index in [0.717, 1.165) is 12.1 Å². The lowest BCUT2D eigenvalue weighted by Crippen LogP contribution is -2.18. The van der Waals surface area contributed by atoms with Crippen LogP contribution in [-0.2, 0) is 0 Å². The maximum absolute atomic E-state index is 13.2. The van der Waals surface area contributed by atoms with Crippen LogP contribution in [0, 0.1) is 17.5 Å². The molecule has 0 amide bonds. The highest BCUT2D eigenvalue weighted by Crippen LogP contribution is 2.28. The molecule has 0 bridgehead atoms. The summed E-state index contributed by atoms with van der Waals surface area (Å²) in [6, 6.07) is 8.38. The van der Waals surface area contributed by atoms with Gasteiger partial charge in [-0.2, -0.15) is 0 Å². The molecule has 0 aliphatic carbocycles. The van der Waals surface area contributed by atoms with E-state index in [4.69, 9.17) is 4.74 Å². The van der Waals surface area contributed by atoms with Crippen molar-refractivity contribution in [1.82, 2.24) is 0 Å². The predicted octanol–water partition coefficient (Wildman–Crippen LogP) is 3.76. The Morgan fingerprint density at radius 2 is 1.71 bits per heavy atom. The van der Waals surface area contributed by atoms with E-state index >= 15 is 0 Å². The normalized spacial score (nSPS) is 15.8. The number of halogens is 3. The lowest BCUT2D eigenvalue weighted by Gasteiger charge is -2.18. The first-order valence-electron chi connectivity index (χ1n) is 6.18. The van der Waals surface area contributed by atoms with Gasteiger partial charge >= 0.3 is 0 Å². The van der Waals surface area contributed by atoms with Crippen LogP contribution in [0.5, 0.6) is 5.75 Å². The van der Waals surface area contributed by atoms with E-state index in [0.29, 0.717) is 11.3 Å². The average Bonchev–Trinajstić information content (AvgIpc) is 2.48. The number of ketones is 1. The first-order valence-corrected chi connectivity index (χ1v) is 6.18. The van der Waals surface area contributed by atoms with Gasteiger partial charge < -0.3 is 4.74 Å². The van der Waals surface area contributed by atoms with Gasteiger partial charge in [0.25, 0.3) is 0 Å². The smallest absolute Gasteiger partial charge is 0.196 e. The van der Waals surface area contributed by atoms with Crippen molar-refractivity contribution in [3.8, 4) is 5.75 Å². The van der Waals surface area contributed by atoms with Crippen molar-refractivity contribution < 1.29 is 22.7 Å². The maximum atomic E-state index is 13.2. The zero-order chi connectivity index (χ0) is 15.0. The number of benzene rings is 2. The Balaban J connectivity index is 2.00. The zero-order valence-corrected chi connectivity index (χ0v) is 10.7. The highest BCUT2D eigenvalue weighted by Gasteiger charge is 2.23. The third-order valence-electron chi connectivity index (χ3n) is 3.15. The van der Waals surface area contributed by atoms with Crippen molar-refractivity contribution in [2.75, 3.05) is 6.61 Å². The van der Waals surface area contributed by atoms with E-state index in [-0.39, 0.29) is 23.5 Å². The minimum atomic E-state index is -1.53. The highest BCUT2D eigenvalue weighted by atomic mass is 19.2. The monoisotopic (exact) mass is 290 g/mol. The summed E-state index contributed by atoms with van der Waals surface area (Å²) < 4.78 is 44.7. The summed E-state index contributed by atoms with van der Waals surface area (Å²) >= 11 is 0. The molecule has 0 N–H and O–H groups in total. The molecule has 2 aromatic rings. The number of para-hydroxylation sites is 1. The number of carbonyl (C=O) groups is 1. The number of fused-ring (bicyclic) bond motifs is 1. The van der Waals surface area contributed by atoms with Crippen LogP contribution in [0.15, 0.2) is 42.0 Å². The Morgan fingerprint density at radius 1 is 1.05 bits per heavy atom. The minimum absolute atomic E-state index is 0.00351. The van der Waals surface area contributed by atoms with E-state index in [2.05, 4.69) is 0 Å². The van der Waals surface area contributed by atoms with E-state index in [1.807, 2.05) is 0 Å². The van der Waals surface area contributed by atoms with Gasteiger partial charge in [0, 0.05) is 5.57 Å². The Hall–Kier alpha value is -2.56. The molecule has 0 unspecified atom stereocenters. The molecule has 106 valence electrons. The summed E-state index contributed by atoms with van der Waals surface area (Å²) in [6.45, 7) is -0.00351. The van der Waals surface area contributed by atoms with Crippen LogP contribution in [-0.4, -0.2) is 12.4 Å². The summed E-state index contributed by atoms with van der Waals surface area (Å²) in [5, 5.41) is 0. The number of rotatable bonds is 1. The van der Waals surface area contributed by atoms with Gasteiger partial charge in [-0.15, -0.1) is 0 Å². The second-order valence-electron chi connectivity index (χ2n) is 4.58. The van der Waals surface area contributed by atoms with Gasteiger partial charge in [-0.3, -0.25) is 4.79 Å². The SMILES string of the molecule is O=C1/C(=C\c2cc(F)c(F)c(F)c2)COc2ccccc21. The molecule has 1 aliphatic heterocycles. The number of carbonyl (C=O) groups excluding carboxylic acids is 1. The van der Waals surface area contributed by atoms with Crippen LogP contribution >= 0.6 is 0 Å². The number of hydrogen-bond acceptors (Lipinski definition) is 2. The molecule has 3 rings (SSSR count). The molecule has 0 radical (unpaired) electrons. The van der Waals surface area contributed by atoms with Crippen molar-refractivity contribution in [3.63, 3.8) is 0 Å². The summed E-state index contributed by atoms with van der Waals surface area (Å²) in [5.74, 6) is -3.94. The lowest BCUT2D eigenvalue weighted by molar-refractivity contribution is 0.100. The molecule has 2 aromatic carbocycles. The van der Waals surface area contributed by atoms with E-state index < -0.39 is 17.5 Å². The minimum Gasteiger partial charge on any atom is -0.488 e. The molecule has 1 heterocycles. The lowest BCUT2D eigenvalue weighted by atomic mass is 9.98. The third kappa shape index (κ3) is 2.42. The van der Waals surface area contributed by atoms with Crippen LogP contribution in [0.4, 0.5) is 13.2 Å². The summed E-state index contributed by atoms with van der Waals surface area (Å²) in [7, 11) is 0. The number of ether oxygens (including phenoxy) is 1. The van der Waals surface area contributed by atoms with Crippen LogP contribution in [0.25, 0.3) is 6.08 Å². The van der Waals surface area contributed by atoms with E-state index in [9.17, 15) is 18.0 Å². The van der Waals surface area contributed by atoms with Gasteiger partial charge in [0.2, 0.25) is 0 Å². The second-order valence-corrected chi connectivity index (χ2v) is 4.58. The molecule has 0 spiro atoms. The molecular weight excluding hydrogens is 281 g/mol. The maximum Gasteiger partial charge on any atom is 0.196 e. The van der Waals surface area contributed by atoms with Gasteiger partial charge in [0.05, 0.1) is 5.56 Å². The highest BCUT2D eigenvalue weighted by molar-refractivity contribution is 6.14. The average molecular weight is 290 g/mol. The zero-order valence-electron chi connectivity index (χ0n) is 10.7. The van der Waals surface area contributed by atoms with Gasteiger partial charge in [-0.25, -0.2) is 13.2 Å². The number of hydrogen-bond donors (Lipinski definition) is 0. The van der Waals surface area contributed by atoms with Crippen molar-refractivity contribution in [3.05, 3.63) is 70.5 Å². The molecular formula is C16H9F3O2. The molecule has 5 heteroatoms. The third-order valence-corrected chi connectivity index (χ3v) is 3.15. The van der Waals surface area contributed by atoms with Crippen molar-refractivity contribution >= 4 is 11.9 Å². The summed E-state index contributed by atoms with van der Waals surface area (Å²) in [4.78, 5) is 12.2. The first kappa shape index (κ1) is 13.4. The fourth-order valence-electron chi connectivity index (χ4n) is 2.14. The number of Topliss-reactive ketones (excluding diaryl/α,β-unsaturated/α-hetero) is 1. The molecule has 1 aliphatic rings. The van der Waals surface area contributed by atoms with Crippen LogP contribution in [0.3, 0.4) is 0 Å². The van der Waals surface area contributed by atoms with Crippen molar-refractivity contribution in [1.29, 1.82) is 0 Å². The summed E-state index contributed by atoms with van der Waals surface area (Å²) in [5.41, 5.74) is 0.704.